The number of amides is 2. The molecule has 21 heavy (non-hydrogen) atoms. The van der Waals surface area contributed by atoms with E-state index in [1.165, 1.54) is 6.08 Å². The summed E-state index contributed by atoms with van der Waals surface area (Å²) < 4.78 is 5.05. The normalized spacial score (nSPS) is 10.3. The molecule has 0 saturated heterocycles. The van der Waals surface area contributed by atoms with Crippen LogP contribution in [0.5, 0.6) is 5.75 Å². The monoisotopic (exact) mass is 281 g/mol. The van der Waals surface area contributed by atoms with Crippen molar-refractivity contribution < 1.29 is 14.3 Å². The van der Waals surface area contributed by atoms with E-state index in [4.69, 9.17) is 4.74 Å². The largest absolute Gasteiger partial charge is 0.497 e. The molecule has 2 aromatic carbocycles. The Balaban J connectivity index is 1.94. The maximum absolute atomic E-state index is 11.8. The fourth-order valence-electron chi connectivity index (χ4n) is 1.70. The summed E-state index contributed by atoms with van der Waals surface area (Å²) in [5.74, 6) is -0.129. The van der Waals surface area contributed by atoms with Crippen LogP contribution in [0.15, 0.2) is 60.7 Å². The summed E-state index contributed by atoms with van der Waals surface area (Å²) in [6.07, 6.45) is 2.95. The molecule has 4 heteroatoms. The SMILES string of the molecule is COc1ccc(/C=C/C(=O)NC(=O)c2ccccc2)cc1. The molecule has 0 aliphatic carbocycles. The Hall–Kier alpha value is -2.88. The number of methoxy groups -OCH3 is 1. The van der Waals surface area contributed by atoms with Crippen molar-refractivity contribution in [2.24, 2.45) is 0 Å². The van der Waals surface area contributed by atoms with Gasteiger partial charge in [-0.1, -0.05) is 30.3 Å². The van der Waals surface area contributed by atoms with E-state index in [1.807, 2.05) is 18.2 Å². The molecule has 0 aliphatic rings. The molecule has 1 N–H and O–H groups in total. The Labute approximate surface area is 123 Å². The molecule has 0 saturated carbocycles. The van der Waals surface area contributed by atoms with Gasteiger partial charge in [0.15, 0.2) is 0 Å². The lowest BCUT2D eigenvalue weighted by Crippen LogP contribution is -2.28. The van der Waals surface area contributed by atoms with Crippen LogP contribution in [0.1, 0.15) is 15.9 Å². The van der Waals surface area contributed by atoms with Crippen molar-refractivity contribution >= 4 is 17.9 Å². The Bertz CT molecular complexity index is 645. The van der Waals surface area contributed by atoms with E-state index in [0.29, 0.717) is 5.56 Å². The van der Waals surface area contributed by atoms with E-state index in [-0.39, 0.29) is 0 Å². The van der Waals surface area contributed by atoms with E-state index in [9.17, 15) is 9.59 Å². The number of ether oxygens (including phenoxy) is 1. The number of carbonyl (C=O) groups excluding carboxylic acids is 2. The molecule has 2 amide bonds. The first-order valence-electron chi connectivity index (χ1n) is 6.41. The number of carbonyl (C=O) groups is 2. The molecule has 0 spiro atoms. The highest BCUT2D eigenvalue weighted by molar-refractivity contribution is 6.09. The van der Waals surface area contributed by atoms with Gasteiger partial charge in [0.25, 0.3) is 11.8 Å². The highest BCUT2D eigenvalue weighted by atomic mass is 16.5. The fraction of sp³-hybridized carbons (Fsp3) is 0.0588. The summed E-state index contributed by atoms with van der Waals surface area (Å²) in [4.78, 5) is 23.4. The highest BCUT2D eigenvalue weighted by Crippen LogP contribution is 2.12. The van der Waals surface area contributed by atoms with Crippen molar-refractivity contribution in [1.82, 2.24) is 5.32 Å². The van der Waals surface area contributed by atoms with Gasteiger partial charge < -0.3 is 4.74 Å². The molecule has 106 valence electrons. The van der Waals surface area contributed by atoms with Gasteiger partial charge in [0.1, 0.15) is 5.75 Å². The quantitative estimate of drug-likeness (QED) is 0.877. The maximum Gasteiger partial charge on any atom is 0.258 e. The zero-order valence-corrected chi connectivity index (χ0v) is 11.6. The van der Waals surface area contributed by atoms with Crippen LogP contribution in [-0.4, -0.2) is 18.9 Å². The second kappa shape index (κ2) is 7.05. The average Bonchev–Trinajstić information content (AvgIpc) is 2.54. The van der Waals surface area contributed by atoms with E-state index in [1.54, 1.807) is 49.6 Å². The van der Waals surface area contributed by atoms with E-state index in [2.05, 4.69) is 5.32 Å². The summed E-state index contributed by atoms with van der Waals surface area (Å²) in [6.45, 7) is 0. The molecule has 0 aliphatic heterocycles. The van der Waals surface area contributed by atoms with Gasteiger partial charge in [-0.15, -0.1) is 0 Å². The van der Waals surface area contributed by atoms with Gasteiger partial charge in [-0.05, 0) is 35.9 Å². The van der Waals surface area contributed by atoms with Gasteiger partial charge in [0.05, 0.1) is 7.11 Å². The Morgan fingerprint density at radius 2 is 1.67 bits per heavy atom. The van der Waals surface area contributed by atoms with Gasteiger partial charge in [0.2, 0.25) is 0 Å². The lowest BCUT2D eigenvalue weighted by atomic mass is 10.2. The van der Waals surface area contributed by atoms with Gasteiger partial charge >= 0.3 is 0 Å². The first-order valence-corrected chi connectivity index (χ1v) is 6.41. The smallest absolute Gasteiger partial charge is 0.258 e. The standard InChI is InChI=1S/C17H15NO3/c1-21-15-10-7-13(8-11-15)9-12-16(19)18-17(20)14-5-3-2-4-6-14/h2-12H,1H3,(H,18,19,20)/b12-9+. The lowest BCUT2D eigenvalue weighted by molar-refractivity contribution is -0.115. The van der Waals surface area contributed by atoms with Gasteiger partial charge in [-0.25, -0.2) is 0 Å². The number of benzene rings is 2. The van der Waals surface area contributed by atoms with Gasteiger partial charge in [-0.3, -0.25) is 14.9 Å². The number of imide groups is 1. The lowest BCUT2D eigenvalue weighted by Gasteiger charge is -2.01. The molecule has 2 rings (SSSR count). The van der Waals surface area contributed by atoms with Crippen LogP contribution >= 0.6 is 0 Å². The molecule has 0 atom stereocenters. The predicted octanol–water partition coefficient (Wildman–Crippen LogP) is 2.67. The van der Waals surface area contributed by atoms with E-state index in [0.717, 1.165) is 11.3 Å². The molecule has 0 unspecified atom stereocenters. The van der Waals surface area contributed by atoms with Gasteiger partial charge in [0, 0.05) is 11.6 Å². The number of hydrogen-bond donors (Lipinski definition) is 1. The Morgan fingerprint density at radius 3 is 2.29 bits per heavy atom. The highest BCUT2D eigenvalue weighted by Gasteiger charge is 2.06. The molecule has 4 nitrogen and oxygen atoms in total. The minimum Gasteiger partial charge on any atom is -0.497 e. The number of hydrogen-bond acceptors (Lipinski definition) is 3. The summed E-state index contributed by atoms with van der Waals surface area (Å²) >= 11 is 0. The van der Waals surface area contributed by atoms with E-state index < -0.39 is 11.8 Å². The summed E-state index contributed by atoms with van der Waals surface area (Å²) in [7, 11) is 1.59. The molecule has 0 fully saturated rings. The Morgan fingerprint density at radius 1 is 1.00 bits per heavy atom. The number of nitrogens with one attached hydrogen (secondary N) is 1. The molecule has 0 heterocycles. The van der Waals surface area contributed by atoms with Crippen LogP contribution in [0.3, 0.4) is 0 Å². The molecular weight excluding hydrogens is 266 g/mol. The summed E-state index contributed by atoms with van der Waals surface area (Å²) in [5, 5.41) is 2.30. The summed E-state index contributed by atoms with van der Waals surface area (Å²) in [6, 6.07) is 15.8. The summed E-state index contributed by atoms with van der Waals surface area (Å²) in [5.41, 5.74) is 1.29. The van der Waals surface area contributed by atoms with Gasteiger partial charge in [-0.2, -0.15) is 0 Å². The van der Waals surface area contributed by atoms with Crippen molar-refractivity contribution in [3.05, 3.63) is 71.8 Å². The fourth-order valence-corrected chi connectivity index (χ4v) is 1.70. The van der Waals surface area contributed by atoms with Crippen LogP contribution in [0, 0.1) is 0 Å². The molecular formula is C17H15NO3. The van der Waals surface area contributed by atoms with Crippen molar-refractivity contribution in [1.29, 1.82) is 0 Å². The zero-order chi connectivity index (χ0) is 15.1. The molecule has 0 bridgehead atoms. The molecule has 0 aromatic heterocycles. The third-order valence-electron chi connectivity index (χ3n) is 2.82. The third kappa shape index (κ3) is 4.31. The minimum atomic E-state index is -0.459. The van der Waals surface area contributed by atoms with Crippen molar-refractivity contribution in [3.63, 3.8) is 0 Å². The second-order valence-electron chi connectivity index (χ2n) is 4.29. The third-order valence-corrected chi connectivity index (χ3v) is 2.82. The first kappa shape index (κ1) is 14.5. The van der Waals surface area contributed by atoms with Crippen molar-refractivity contribution in [2.45, 2.75) is 0 Å². The van der Waals surface area contributed by atoms with Crippen LogP contribution in [0.4, 0.5) is 0 Å². The topological polar surface area (TPSA) is 55.4 Å². The van der Waals surface area contributed by atoms with Crippen LogP contribution < -0.4 is 10.1 Å². The van der Waals surface area contributed by atoms with E-state index >= 15 is 0 Å². The average molecular weight is 281 g/mol. The number of rotatable bonds is 4. The van der Waals surface area contributed by atoms with Crippen molar-refractivity contribution in [2.75, 3.05) is 7.11 Å². The maximum atomic E-state index is 11.8. The molecule has 0 radical (unpaired) electrons. The first-order chi connectivity index (χ1) is 10.2. The van der Waals surface area contributed by atoms with Crippen molar-refractivity contribution in [3.8, 4) is 5.75 Å². The van der Waals surface area contributed by atoms with Crippen LogP contribution in [-0.2, 0) is 4.79 Å². The van der Waals surface area contributed by atoms with Crippen LogP contribution in [0.2, 0.25) is 0 Å². The van der Waals surface area contributed by atoms with Crippen LogP contribution in [0.25, 0.3) is 6.08 Å². The second-order valence-corrected chi connectivity index (χ2v) is 4.29. The Kier molecular flexibility index (Phi) is 4.88. The zero-order valence-electron chi connectivity index (χ0n) is 11.6. The molecule has 2 aromatic rings. The predicted molar refractivity (Wildman–Crippen MR) is 80.9 cm³/mol. The minimum absolute atomic E-state index is 0.417.